The van der Waals surface area contributed by atoms with Crippen LogP contribution in [0.5, 0.6) is 0 Å². The van der Waals surface area contributed by atoms with Crippen molar-refractivity contribution in [3.8, 4) is 0 Å². The third-order valence-corrected chi connectivity index (χ3v) is 5.53. The van der Waals surface area contributed by atoms with Crippen LogP contribution in [0.3, 0.4) is 0 Å². The van der Waals surface area contributed by atoms with Crippen molar-refractivity contribution in [2.45, 2.75) is 32.2 Å². The van der Waals surface area contributed by atoms with E-state index in [1.165, 1.54) is 0 Å². The smallest absolute Gasteiger partial charge is 0.225 e. The summed E-state index contributed by atoms with van der Waals surface area (Å²) in [4.78, 5) is 26.8. The van der Waals surface area contributed by atoms with Crippen LogP contribution < -0.4 is 5.32 Å². The summed E-state index contributed by atoms with van der Waals surface area (Å²) in [7, 11) is 0. The normalized spacial score (nSPS) is 19.6. The number of piperidine rings is 1. The van der Waals surface area contributed by atoms with E-state index in [0.29, 0.717) is 37.9 Å². The Morgan fingerprint density at radius 2 is 1.76 bits per heavy atom. The van der Waals surface area contributed by atoms with E-state index in [2.05, 4.69) is 5.32 Å². The van der Waals surface area contributed by atoms with Crippen molar-refractivity contribution in [1.29, 1.82) is 0 Å². The number of hydrogen-bond acceptors (Lipinski definition) is 3. The molecule has 2 saturated heterocycles. The van der Waals surface area contributed by atoms with E-state index in [1.54, 1.807) is 0 Å². The third kappa shape index (κ3) is 4.73. The van der Waals surface area contributed by atoms with Crippen LogP contribution in [0.2, 0.25) is 5.02 Å². The molecule has 5 nitrogen and oxygen atoms in total. The maximum absolute atomic E-state index is 12.5. The minimum atomic E-state index is -0.0266. The molecule has 0 spiro atoms. The molecule has 0 atom stereocenters. The molecule has 2 aliphatic rings. The van der Waals surface area contributed by atoms with Gasteiger partial charge in [0, 0.05) is 49.7 Å². The quantitative estimate of drug-likeness (QED) is 0.893. The number of carbonyl (C=O) groups is 2. The van der Waals surface area contributed by atoms with Gasteiger partial charge in [-0.2, -0.15) is 0 Å². The third-order valence-electron chi connectivity index (χ3n) is 5.16. The maximum Gasteiger partial charge on any atom is 0.225 e. The van der Waals surface area contributed by atoms with Crippen LogP contribution in [0, 0.1) is 11.8 Å². The molecule has 2 heterocycles. The number of ether oxygens (including phenoxy) is 1. The van der Waals surface area contributed by atoms with Crippen LogP contribution >= 0.6 is 11.6 Å². The average molecular weight is 365 g/mol. The van der Waals surface area contributed by atoms with Crippen LogP contribution in [-0.2, 0) is 20.9 Å². The van der Waals surface area contributed by atoms with Crippen molar-refractivity contribution in [3.63, 3.8) is 0 Å². The van der Waals surface area contributed by atoms with Crippen molar-refractivity contribution < 1.29 is 14.3 Å². The number of likely N-dealkylation sites (tertiary alicyclic amines) is 1. The SMILES string of the molecule is O=C(NCc1ccccc1Cl)C1CCN(C(=O)C2CCOCC2)CC1. The second kappa shape index (κ2) is 8.68. The van der Waals surface area contributed by atoms with Crippen LogP contribution in [0.15, 0.2) is 24.3 Å². The standard InChI is InChI=1S/C19H25ClN2O3/c20-17-4-2-1-3-16(17)13-21-18(23)14-5-9-22(10-6-14)19(24)15-7-11-25-12-8-15/h1-4,14-15H,5-13H2,(H,21,23). The molecule has 1 aromatic carbocycles. The second-order valence-corrected chi connectivity index (χ2v) is 7.20. The van der Waals surface area contributed by atoms with E-state index in [1.807, 2.05) is 29.2 Å². The van der Waals surface area contributed by atoms with E-state index in [4.69, 9.17) is 16.3 Å². The number of nitrogens with zero attached hydrogens (tertiary/aromatic N) is 1. The van der Waals surface area contributed by atoms with Gasteiger partial charge in [-0.25, -0.2) is 0 Å². The molecule has 1 aromatic rings. The molecule has 2 aliphatic heterocycles. The van der Waals surface area contributed by atoms with Crippen molar-refractivity contribution in [2.75, 3.05) is 26.3 Å². The van der Waals surface area contributed by atoms with Crippen LogP contribution in [0.25, 0.3) is 0 Å². The maximum atomic E-state index is 12.5. The van der Waals surface area contributed by atoms with Crippen molar-refractivity contribution in [1.82, 2.24) is 10.2 Å². The first-order valence-electron chi connectivity index (χ1n) is 9.03. The van der Waals surface area contributed by atoms with Gasteiger partial charge in [0.15, 0.2) is 0 Å². The van der Waals surface area contributed by atoms with Gasteiger partial charge < -0.3 is 15.0 Å². The number of hydrogen-bond donors (Lipinski definition) is 1. The zero-order valence-electron chi connectivity index (χ0n) is 14.4. The van der Waals surface area contributed by atoms with E-state index >= 15 is 0 Å². The Labute approximate surface area is 153 Å². The summed E-state index contributed by atoms with van der Waals surface area (Å²) in [6.45, 7) is 3.13. The predicted molar refractivity (Wildman–Crippen MR) is 96.1 cm³/mol. The monoisotopic (exact) mass is 364 g/mol. The molecule has 25 heavy (non-hydrogen) atoms. The second-order valence-electron chi connectivity index (χ2n) is 6.80. The molecule has 2 fully saturated rings. The zero-order chi connectivity index (χ0) is 17.6. The summed E-state index contributed by atoms with van der Waals surface area (Å²) in [5, 5.41) is 3.64. The molecule has 1 N–H and O–H groups in total. The highest BCUT2D eigenvalue weighted by Gasteiger charge is 2.31. The fraction of sp³-hybridized carbons (Fsp3) is 0.579. The molecule has 0 aliphatic carbocycles. The number of carbonyl (C=O) groups excluding carboxylic acids is 2. The Balaban J connectivity index is 1.44. The van der Waals surface area contributed by atoms with Gasteiger partial charge in [-0.15, -0.1) is 0 Å². The van der Waals surface area contributed by atoms with Gasteiger partial charge in [0.1, 0.15) is 0 Å². The summed E-state index contributed by atoms with van der Waals surface area (Å²) in [6.07, 6.45) is 3.08. The molecule has 6 heteroatoms. The molecular weight excluding hydrogens is 340 g/mol. The topological polar surface area (TPSA) is 58.6 Å². The fourth-order valence-corrected chi connectivity index (χ4v) is 3.74. The lowest BCUT2D eigenvalue weighted by Gasteiger charge is -2.34. The predicted octanol–water partition coefficient (Wildman–Crippen LogP) is 2.62. The molecule has 0 saturated carbocycles. The molecule has 0 aromatic heterocycles. The van der Waals surface area contributed by atoms with Crippen LogP contribution in [-0.4, -0.2) is 43.0 Å². The van der Waals surface area contributed by atoms with Gasteiger partial charge in [0.25, 0.3) is 0 Å². The van der Waals surface area contributed by atoms with E-state index in [-0.39, 0.29) is 23.7 Å². The summed E-state index contributed by atoms with van der Waals surface area (Å²) >= 11 is 6.12. The first kappa shape index (κ1) is 18.2. The Hall–Kier alpha value is -1.59. The summed E-state index contributed by atoms with van der Waals surface area (Å²) in [6, 6.07) is 7.52. The molecule has 3 rings (SSSR count). The number of nitrogens with one attached hydrogen (secondary N) is 1. The molecule has 0 bridgehead atoms. The highest BCUT2D eigenvalue weighted by molar-refractivity contribution is 6.31. The van der Waals surface area contributed by atoms with E-state index in [9.17, 15) is 9.59 Å². The highest BCUT2D eigenvalue weighted by Crippen LogP contribution is 2.23. The van der Waals surface area contributed by atoms with Crippen LogP contribution in [0.4, 0.5) is 0 Å². The summed E-state index contributed by atoms with van der Waals surface area (Å²) in [5.74, 6) is 0.358. The number of halogens is 1. The van der Waals surface area contributed by atoms with E-state index < -0.39 is 0 Å². The van der Waals surface area contributed by atoms with Crippen molar-refractivity contribution in [2.24, 2.45) is 11.8 Å². The van der Waals surface area contributed by atoms with Crippen molar-refractivity contribution >= 4 is 23.4 Å². The summed E-state index contributed by atoms with van der Waals surface area (Å²) in [5.41, 5.74) is 0.921. The van der Waals surface area contributed by atoms with Crippen LogP contribution in [0.1, 0.15) is 31.2 Å². The molecule has 136 valence electrons. The Morgan fingerprint density at radius 1 is 1.08 bits per heavy atom. The Kier molecular flexibility index (Phi) is 6.32. The Bertz CT molecular complexity index is 608. The number of amides is 2. The highest BCUT2D eigenvalue weighted by atomic mass is 35.5. The Morgan fingerprint density at radius 3 is 2.44 bits per heavy atom. The lowest BCUT2D eigenvalue weighted by atomic mass is 9.93. The zero-order valence-corrected chi connectivity index (χ0v) is 15.1. The van der Waals surface area contributed by atoms with E-state index in [0.717, 1.165) is 31.2 Å². The first-order chi connectivity index (χ1) is 12.1. The lowest BCUT2D eigenvalue weighted by Crippen LogP contribution is -2.45. The first-order valence-corrected chi connectivity index (χ1v) is 9.40. The van der Waals surface area contributed by atoms with Gasteiger partial charge in [-0.3, -0.25) is 9.59 Å². The number of rotatable bonds is 4. The minimum Gasteiger partial charge on any atom is -0.381 e. The summed E-state index contributed by atoms with van der Waals surface area (Å²) < 4.78 is 5.32. The fourth-order valence-electron chi connectivity index (χ4n) is 3.53. The average Bonchev–Trinajstić information content (AvgIpc) is 2.67. The molecule has 0 unspecified atom stereocenters. The largest absolute Gasteiger partial charge is 0.381 e. The van der Waals surface area contributed by atoms with Gasteiger partial charge in [-0.1, -0.05) is 29.8 Å². The molecule has 0 radical (unpaired) electrons. The van der Waals surface area contributed by atoms with Gasteiger partial charge >= 0.3 is 0 Å². The van der Waals surface area contributed by atoms with Gasteiger partial charge in [0.05, 0.1) is 0 Å². The lowest BCUT2D eigenvalue weighted by molar-refractivity contribution is -0.141. The van der Waals surface area contributed by atoms with Crippen molar-refractivity contribution in [3.05, 3.63) is 34.9 Å². The molecular formula is C19H25ClN2O3. The van der Waals surface area contributed by atoms with Gasteiger partial charge in [-0.05, 0) is 37.3 Å². The number of benzene rings is 1. The minimum absolute atomic E-state index is 0.0266. The van der Waals surface area contributed by atoms with Gasteiger partial charge in [0.2, 0.25) is 11.8 Å². The molecule has 2 amide bonds.